The van der Waals surface area contributed by atoms with E-state index in [4.69, 9.17) is 4.74 Å². The molecule has 2 heterocycles. The number of benzene rings is 1. The Kier molecular flexibility index (Phi) is 4.24. The van der Waals surface area contributed by atoms with Crippen LogP contribution < -0.4 is 4.74 Å². The lowest BCUT2D eigenvalue weighted by Crippen LogP contribution is -2.33. The molecule has 1 aliphatic heterocycles. The molecule has 24 heavy (non-hydrogen) atoms. The summed E-state index contributed by atoms with van der Waals surface area (Å²) in [7, 11) is 1.77. The summed E-state index contributed by atoms with van der Waals surface area (Å²) in [5, 5.41) is 1.29. The molecule has 1 N–H and O–H groups in total. The van der Waals surface area contributed by atoms with Gasteiger partial charge in [0.25, 0.3) is 0 Å². The fourth-order valence-corrected chi connectivity index (χ4v) is 3.70. The van der Waals surface area contributed by atoms with Crippen LogP contribution in [-0.4, -0.2) is 30.1 Å². The van der Waals surface area contributed by atoms with Crippen LogP contribution in [0.1, 0.15) is 36.8 Å². The maximum Gasteiger partial charge on any atom is 0.124 e. The Bertz CT molecular complexity index is 783. The third kappa shape index (κ3) is 3.16. The molecular weight excluding hydrogens is 296 g/mol. The smallest absolute Gasteiger partial charge is 0.124 e. The first-order valence-corrected chi connectivity index (χ1v) is 9.11. The molecule has 0 spiro atoms. The summed E-state index contributed by atoms with van der Waals surface area (Å²) in [5.41, 5.74) is 3.78. The van der Waals surface area contributed by atoms with Crippen molar-refractivity contribution in [2.24, 2.45) is 11.8 Å². The number of piperidine rings is 1. The fourth-order valence-electron chi connectivity index (χ4n) is 3.70. The average molecular weight is 322 g/mol. The number of hydrogen-bond acceptors (Lipinski definition) is 2. The Hall–Kier alpha value is -1.92. The third-order valence-electron chi connectivity index (χ3n) is 5.37. The van der Waals surface area contributed by atoms with Crippen molar-refractivity contribution < 1.29 is 4.74 Å². The minimum atomic E-state index is 0.606. The zero-order valence-corrected chi connectivity index (χ0v) is 14.7. The number of fused-ring (bicyclic) bond motifs is 1. The van der Waals surface area contributed by atoms with Gasteiger partial charge in [-0.2, -0.15) is 0 Å². The quantitative estimate of drug-likeness (QED) is 0.861. The highest BCUT2D eigenvalue weighted by atomic mass is 16.5. The van der Waals surface area contributed by atoms with E-state index in [0.29, 0.717) is 5.92 Å². The number of ether oxygens (including phenoxy) is 1. The number of aromatic nitrogens is 1. The van der Waals surface area contributed by atoms with Gasteiger partial charge in [0.05, 0.1) is 7.11 Å². The first kappa shape index (κ1) is 15.6. The maximum atomic E-state index is 5.68. The molecule has 0 amide bonds. The normalized spacial score (nSPS) is 19.2. The summed E-state index contributed by atoms with van der Waals surface area (Å²) in [4.78, 5) is 5.92. The molecule has 1 aliphatic carbocycles. The highest BCUT2D eigenvalue weighted by molar-refractivity contribution is 5.88. The predicted molar refractivity (Wildman–Crippen MR) is 98.1 cm³/mol. The van der Waals surface area contributed by atoms with Crippen LogP contribution in [0.2, 0.25) is 0 Å². The second kappa shape index (κ2) is 6.53. The van der Waals surface area contributed by atoms with E-state index in [-0.39, 0.29) is 0 Å². The lowest BCUT2D eigenvalue weighted by atomic mass is 9.96. The molecule has 0 radical (unpaired) electrons. The van der Waals surface area contributed by atoms with Crippen molar-refractivity contribution in [3.63, 3.8) is 0 Å². The molecule has 0 unspecified atom stereocenters. The Morgan fingerprint density at radius 1 is 1.17 bits per heavy atom. The lowest BCUT2D eigenvalue weighted by molar-refractivity contribution is 0.197. The number of nitrogens with one attached hydrogen (secondary N) is 1. The second-order valence-electron chi connectivity index (χ2n) is 7.25. The van der Waals surface area contributed by atoms with Gasteiger partial charge in [0, 0.05) is 41.0 Å². The number of rotatable bonds is 3. The molecule has 3 nitrogen and oxygen atoms in total. The van der Waals surface area contributed by atoms with E-state index < -0.39 is 0 Å². The van der Waals surface area contributed by atoms with Crippen molar-refractivity contribution in [1.29, 1.82) is 0 Å². The summed E-state index contributed by atoms with van der Waals surface area (Å²) in [6.07, 6.45) is 7.08. The molecular formula is C21H26N2O. The molecule has 2 aromatic rings. The largest absolute Gasteiger partial charge is 0.496 e. The molecule has 2 aliphatic rings. The molecule has 1 aromatic carbocycles. The van der Waals surface area contributed by atoms with Gasteiger partial charge in [0.15, 0.2) is 0 Å². The minimum Gasteiger partial charge on any atom is -0.496 e. The molecule has 0 atom stereocenters. The van der Waals surface area contributed by atoms with Crippen LogP contribution in [0, 0.1) is 30.6 Å². The molecule has 126 valence electrons. The maximum absolute atomic E-state index is 5.68. The highest BCUT2D eigenvalue weighted by Crippen LogP contribution is 2.32. The van der Waals surface area contributed by atoms with Crippen LogP contribution >= 0.6 is 0 Å². The standard InChI is InChI=1S/C21H26N2O/c1-15-13-20(24-2)19(18-7-10-22-21(15)18)14-23-11-8-17(9-12-23)6-5-16-3-4-16/h7,10,13,16-17,22H,3-4,8-9,11-12,14H2,1-2H3. The first-order chi connectivity index (χ1) is 11.7. The van der Waals surface area contributed by atoms with Crippen LogP contribution in [0.5, 0.6) is 5.75 Å². The van der Waals surface area contributed by atoms with Crippen LogP contribution in [0.4, 0.5) is 0 Å². The number of likely N-dealkylation sites (tertiary alicyclic amines) is 1. The van der Waals surface area contributed by atoms with Gasteiger partial charge < -0.3 is 9.72 Å². The summed E-state index contributed by atoms with van der Waals surface area (Å²) >= 11 is 0. The van der Waals surface area contributed by atoms with E-state index in [1.165, 1.54) is 47.7 Å². The number of H-pyrrole nitrogens is 1. The Labute approximate surface area is 144 Å². The van der Waals surface area contributed by atoms with Gasteiger partial charge in [0.2, 0.25) is 0 Å². The van der Waals surface area contributed by atoms with Gasteiger partial charge in [-0.3, -0.25) is 4.90 Å². The van der Waals surface area contributed by atoms with Crippen molar-refractivity contribution in [3.05, 3.63) is 29.5 Å². The van der Waals surface area contributed by atoms with E-state index in [1.807, 2.05) is 6.20 Å². The van der Waals surface area contributed by atoms with E-state index in [9.17, 15) is 0 Å². The van der Waals surface area contributed by atoms with Gasteiger partial charge in [-0.15, -0.1) is 0 Å². The summed E-state index contributed by atoms with van der Waals surface area (Å²) in [6, 6.07) is 4.33. The SMILES string of the molecule is COc1cc(C)c2[nH]ccc2c1CN1CCC(C#CC2CC2)CC1. The van der Waals surface area contributed by atoms with Crippen LogP contribution in [-0.2, 0) is 6.54 Å². The average Bonchev–Trinajstić information content (AvgIpc) is 3.30. The Morgan fingerprint density at radius 3 is 2.54 bits per heavy atom. The zero-order chi connectivity index (χ0) is 16.5. The van der Waals surface area contributed by atoms with Gasteiger partial charge in [0.1, 0.15) is 5.75 Å². The van der Waals surface area contributed by atoms with Gasteiger partial charge in [-0.1, -0.05) is 11.8 Å². The van der Waals surface area contributed by atoms with Crippen molar-refractivity contribution in [1.82, 2.24) is 9.88 Å². The van der Waals surface area contributed by atoms with Gasteiger partial charge in [-0.05, 0) is 63.4 Å². The highest BCUT2D eigenvalue weighted by Gasteiger charge is 2.22. The zero-order valence-electron chi connectivity index (χ0n) is 14.7. The third-order valence-corrected chi connectivity index (χ3v) is 5.37. The number of methoxy groups -OCH3 is 1. The number of aryl methyl sites for hydroxylation is 1. The van der Waals surface area contributed by atoms with E-state index >= 15 is 0 Å². The van der Waals surface area contributed by atoms with Crippen molar-refractivity contribution >= 4 is 10.9 Å². The summed E-state index contributed by atoms with van der Waals surface area (Å²) in [6.45, 7) is 5.36. The van der Waals surface area contributed by atoms with Crippen molar-refractivity contribution in [2.45, 2.75) is 39.2 Å². The van der Waals surface area contributed by atoms with Crippen molar-refractivity contribution in [2.75, 3.05) is 20.2 Å². The van der Waals surface area contributed by atoms with E-state index in [2.05, 4.69) is 40.8 Å². The minimum absolute atomic E-state index is 0.606. The fraction of sp³-hybridized carbons (Fsp3) is 0.524. The summed E-state index contributed by atoms with van der Waals surface area (Å²) in [5.74, 6) is 9.30. The van der Waals surface area contributed by atoms with E-state index in [1.54, 1.807) is 7.11 Å². The second-order valence-corrected chi connectivity index (χ2v) is 7.25. The molecule has 1 saturated carbocycles. The molecule has 2 fully saturated rings. The van der Waals surface area contributed by atoms with Crippen LogP contribution in [0.15, 0.2) is 18.3 Å². The molecule has 0 bridgehead atoms. The Morgan fingerprint density at radius 2 is 1.88 bits per heavy atom. The number of aromatic amines is 1. The van der Waals surface area contributed by atoms with Gasteiger partial charge in [-0.25, -0.2) is 0 Å². The molecule has 1 aromatic heterocycles. The molecule has 1 saturated heterocycles. The van der Waals surface area contributed by atoms with Crippen LogP contribution in [0.25, 0.3) is 10.9 Å². The van der Waals surface area contributed by atoms with E-state index in [0.717, 1.165) is 31.3 Å². The summed E-state index contributed by atoms with van der Waals surface area (Å²) < 4.78 is 5.68. The lowest BCUT2D eigenvalue weighted by Gasteiger charge is -2.30. The van der Waals surface area contributed by atoms with Gasteiger partial charge >= 0.3 is 0 Å². The number of hydrogen-bond donors (Lipinski definition) is 1. The first-order valence-electron chi connectivity index (χ1n) is 9.11. The number of nitrogens with zero attached hydrogens (tertiary/aromatic N) is 1. The monoisotopic (exact) mass is 322 g/mol. The Balaban J connectivity index is 1.48. The molecule has 4 rings (SSSR count). The van der Waals surface area contributed by atoms with Crippen LogP contribution in [0.3, 0.4) is 0 Å². The predicted octanol–water partition coefficient (Wildman–Crippen LogP) is 4.11. The molecule has 3 heteroatoms. The van der Waals surface area contributed by atoms with Crippen molar-refractivity contribution in [3.8, 4) is 17.6 Å². The topological polar surface area (TPSA) is 28.3 Å².